The minimum Gasteiger partial charge on any atom is -0.345 e. The van der Waals surface area contributed by atoms with Crippen LogP contribution in [0.2, 0.25) is 0 Å². The van der Waals surface area contributed by atoms with Crippen LogP contribution >= 0.6 is 15.9 Å². The van der Waals surface area contributed by atoms with Crippen LogP contribution in [0.3, 0.4) is 0 Å². The molecule has 27 heavy (non-hydrogen) atoms. The topological polar surface area (TPSA) is 51.1 Å². The van der Waals surface area contributed by atoms with E-state index in [1.165, 1.54) is 12.1 Å². The number of rotatable bonds is 3. The first-order valence-corrected chi connectivity index (χ1v) is 9.58. The predicted octanol–water partition coefficient (Wildman–Crippen LogP) is 4.51. The van der Waals surface area contributed by atoms with Gasteiger partial charge in [-0.25, -0.2) is 4.39 Å². The Kier molecular flexibility index (Phi) is 4.38. The molecule has 2 atom stereocenters. The van der Waals surface area contributed by atoms with Crippen molar-refractivity contribution < 1.29 is 9.18 Å². The van der Waals surface area contributed by atoms with Gasteiger partial charge in [0.25, 0.3) is 5.91 Å². The summed E-state index contributed by atoms with van der Waals surface area (Å²) >= 11 is 3.46. The summed E-state index contributed by atoms with van der Waals surface area (Å²) in [7, 11) is 0. The summed E-state index contributed by atoms with van der Waals surface area (Å²) in [4.78, 5) is 25.8. The van der Waals surface area contributed by atoms with Crippen molar-refractivity contribution in [2.45, 2.75) is 32.4 Å². The average molecular weight is 429 g/mol. The van der Waals surface area contributed by atoms with Gasteiger partial charge < -0.3 is 9.88 Å². The van der Waals surface area contributed by atoms with Gasteiger partial charge in [-0.2, -0.15) is 0 Å². The van der Waals surface area contributed by atoms with Gasteiger partial charge in [-0.15, -0.1) is 0 Å². The number of pyridine rings is 1. The molecule has 1 amide bonds. The second kappa shape index (κ2) is 6.60. The van der Waals surface area contributed by atoms with Gasteiger partial charge in [0.05, 0.1) is 11.6 Å². The molecule has 6 heteroatoms. The molecule has 3 aromatic rings. The number of carbonyl (C=O) groups is 1. The number of aromatic nitrogens is 1. The molecule has 2 heterocycles. The van der Waals surface area contributed by atoms with Gasteiger partial charge in [-0.1, -0.05) is 28.1 Å². The van der Waals surface area contributed by atoms with E-state index in [1.54, 1.807) is 31.3 Å². The van der Waals surface area contributed by atoms with E-state index < -0.39 is 5.91 Å². The Morgan fingerprint density at radius 2 is 2.00 bits per heavy atom. The Hall–Kier alpha value is -2.47. The molecule has 0 radical (unpaired) electrons. The number of benzene rings is 2. The van der Waals surface area contributed by atoms with Crippen molar-refractivity contribution in [2.24, 2.45) is 0 Å². The van der Waals surface area contributed by atoms with Crippen LogP contribution in [0.25, 0.3) is 10.9 Å². The molecule has 2 aromatic carbocycles. The fourth-order valence-corrected chi connectivity index (χ4v) is 4.24. The van der Waals surface area contributed by atoms with Crippen LogP contribution in [0.4, 0.5) is 4.39 Å². The number of hydrogen-bond donors (Lipinski definition) is 1. The second-order valence-corrected chi connectivity index (χ2v) is 7.96. The highest BCUT2D eigenvalue weighted by atomic mass is 79.9. The lowest BCUT2D eigenvalue weighted by Crippen LogP contribution is -2.31. The quantitative estimate of drug-likeness (QED) is 0.666. The van der Waals surface area contributed by atoms with E-state index in [4.69, 9.17) is 0 Å². The molecule has 0 unspecified atom stereocenters. The minimum atomic E-state index is -0.428. The maximum Gasteiger partial charge on any atom is 0.257 e. The number of carbonyl (C=O) groups excluding carboxylic acids is 1. The Balaban J connectivity index is 1.74. The van der Waals surface area contributed by atoms with Crippen LogP contribution in [0, 0.1) is 5.82 Å². The van der Waals surface area contributed by atoms with Crippen LogP contribution in [0.5, 0.6) is 0 Å². The largest absolute Gasteiger partial charge is 0.345 e. The van der Waals surface area contributed by atoms with Crippen LogP contribution in [-0.2, 0) is 6.42 Å². The first-order chi connectivity index (χ1) is 12.8. The van der Waals surface area contributed by atoms with Crippen LogP contribution in [0.1, 0.15) is 47.4 Å². The third kappa shape index (κ3) is 3.08. The van der Waals surface area contributed by atoms with E-state index >= 15 is 0 Å². The minimum absolute atomic E-state index is 0.120. The zero-order valence-corrected chi connectivity index (χ0v) is 16.5. The van der Waals surface area contributed by atoms with Crippen molar-refractivity contribution >= 4 is 32.7 Å². The van der Waals surface area contributed by atoms with Crippen LogP contribution in [-0.4, -0.2) is 10.5 Å². The van der Waals surface area contributed by atoms with E-state index in [9.17, 15) is 14.0 Å². The summed E-state index contributed by atoms with van der Waals surface area (Å²) in [5.74, 6) is -0.758. The number of halogens is 2. The molecule has 0 saturated heterocycles. The highest BCUT2D eigenvalue weighted by Crippen LogP contribution is 2.33. The molecule has 0 fully saturated rings. The summed E-state index contributed by atoms with van der Waals surface area (Å²) in [6.07, 6.45) is 2.49. The lowest BCUT2D eigenvalue weighted by molar-refractivity contribution is 0.0938. The van der Waals surface area contributed by atoms with E-state index in [-0.39, 0.29) is 28.9 Å². The van der Waals surface area contributed by atoms with Gasteiger partial charge in [-0.3, -0.25) is 9.59 Å². The Morgan fingerprint density at radius 3 is 2.70 bits per heavy atom. The average Bonchev–Trinajstić information content (AvgIpc) is 2.93. The molecular weight excluding hydrogens is 411 g/mol. The van der Waals surface area contributed by atoms with Gasteiger partial charge in [0.2, 0.25) is 5.43 Å². The van der Waals surface area contributed by atoms with Gasteiger partial charge >= 0.3 is 0 Å². The molecule has 0 bridgehead atoms. The lowest BCUT2D eigenvalue weighted by atomic mass is 10.1. The smallest absolute Gasteiger partial charge is 0.257 e. The Morgan fingerprint density at radius 1 is 1.30 bits per heavy atom. The summed E-state index contributed by atoms with van der Waals surface area (Å²) in [6, 6.07) is 9.58. The fraction of sp³-hybridized carbons (Fsp3) is 0.238. The Bertz CT molecular complexity index is 1120. The second-order valence-electron chi connectivity index (χ2n) is 7.04. The highest BCUT2D eigenvalue weighted by molar-refractivity contribution is 9.10. The molecular formula is C21H18BrFN2O2. The summed E-state index contributed by atoms with van der Waals surface area (Å²) in [6.45, 7) is 3.88. The number of hydrogen-bond acceptors (Lipinski definition) is 2. The Labute approximate surface area is 164 Å². The van der Waals surface area contributed by atoms with E-state index in [1.807, 2.05) is 10.6 Å². The van der Waals surface area contributed by atoms with Crippen LogP contribution in [0.15, 0.2) is 51.9 Å². The zero-order chi connectivity index (χ0) is 19.3. The van der Waals surface area contributed by atoms with Gasteiger partial charge in [0.1, 0.15) is 11.4 Å². The molecule has 0 saturated carbocycles. The van der Waals surface area contributed by atoms with Crippen molar-refractivity contribution in [1.82, 2.24) is 9.88 Å². The van der Waals surface area contributed by atoms with Crippen molar-refractivity contribution in [3.8, 4) is 0 Å². The SMILES string of the molecule is C[C@H](NC(=O)c1cn2c3c(cc(Br)cc3c1=O)C[C@H]2C)c1ccc(F)cc1. The molecule has 1 aliphatic rings. The number of nitrogens with zero attached hydrogens (tertiary/aromatic N) is 1. The van der Waals surface area contributed by atoms with Gasteiger partial charge in [-0.05, 0) is 55.7 Å². The molecule has 1 aliphatic heterocycles. The number of amides is 1. The zero-order valence-electron chi connectivity index (χ0n) is 14.9. The molecule has 138 valence electrons. The van der Waals surface area contributed by atoms with Crippen molar-refractivity contribution in [3.05, 3.63) is 79.8 Å². The molecule has 0 aliphatic carbocycles. The third-order valence-electron chi connectivity index (χ3n) is 5.12. The summed E-state index contributed by atoms with van der Waals surface area (Å²) in [5, 5.41) is 3.40. The van der Waals surface area contributed by atoms with Crippen molar-refractivity contribution in [1.29, 1.82) is 0 Å². The number of nitrogens with one attached hydrogen (secondary N) is 1. The van der Waals surface area contributed by atoms with Crippen molar-refractivity contribution in [2.75, 3.05) is 0 Å². The molecule has 1 aromatic heterocycles. The van der Waals surface area contributed by atoms with Gasteiger partial charge in [0.15, 0.2) is 0 Å². The third-order valence-corrected chi connectivity index (χ3v) is 5.58. The molecule has 0 spiro atoms. The maximum atomic E-state index is 13.1. The first kappa shape index (κ1) is 17.9. The van der Waals surface area contributed by atoms with Crippen LogP contribution < -0.4 is 10.7 Å². The van der Waals surface area contributed by atoms with E-state index in [0.29, 0.717) is 5.39 Å². The highest BCUT2D eigenvalue weighted by Gasteiger charge is 2.25. The maximum absolute atomic E-state index is 13.1. The van der Waals surface area contributed by atoms with Crippen molar-refractivity contribution in [3.63, 3.8) is 0 Å². The summed E-state index contributed by atoms with van der Waals surface area (Å²) < 4.78 is 15.9. The molecule has 4 rings (SSSR count). The lowest BCUT2D eigenvalue weighted by Gasteiger charge is -2.16. The summed E-state index contributed by atoms with van der Waals surface area (Å²) in [5.41, 5.74) is 2.62. The first-order valence-electron chi connectivity index (χ1n) is 8.78. The monoisotopic (exact) mass is 428 g/mol. The molecule has 1 N–H and O–H groups in total. The van der Waals surface area contributed by atoms with E-state index in [2.05, 4.69) is 28.2 Å². The predicted molar refractivity (Wildman–Crippen MR) is 107 cm³/mol. The standard InChI is InChI=1S/C21H18BrFN2O2/c1-11-7-14-8-15(22)9-17-19(14)25(11)10-18(20(17)26)21(27)24-12(2)13-3-5-16(23)6-4-13/h3-6,8-12H,7H2,1-2H3,(H,24,27)/t11-,12+/m1/s1. The van der Waals surface area contributed by atoms with E-state index in [0.717, 1.165) is 27.5 Å². The molecule has 4 nitrogen and oxygen atoms in total. The fourth-order valence-electron chi connectivity index (χ4n) is 3.73. The van der Waals surface area contributed by atoms with Gasteiger partial charge in [0, 0.05) is 22.1 Å². The normalized spacial score (nSPS) is 16.5.